The quantitative estimate of drug-likeness (QED) is 0.836. The minimum absolute atomic E-state index is 0.0104. The maximum Gasteiger partial charge on any atom is 0.272 e. The van der Waals surface area contributed by atoms with Crippen molar-refractivity contribution >= 4 is 11.7 Å². The summed E-state index contributed by atoms with van der Waals surface area (Å²) in [6, 6.07) is 1.87. The molecular weight excluding hydrogens is 306 g/mol. The monoisotopic (exact) mass is 327 g/mol. The zero-order valence-electron chi connectivity index (χ0n) is 13.9. The number of carbonyl (C=O) groups excluding carboxylic acids is 1. The topological polar surface area (TPSA) is 72.6 Å². The largest absolute Gasteiger partial charge is 0.374 e. The van der Waals surface area contributed by atoms with E-state index in [-0.39, 0.29) is 11.8 Å². The summed E-state index contributed by atoms with van der Waals surface area (Å²) in [6.07, 6.45) is 4.49. The minimum Gasteiger partial charge on any atom is -0.374 e. The lowest BCUT2D eigenvalue weighted by Crippen LogP contribution is -2.32. The molecule has 3 saturated heterocycles. The fraction of sp³-hybridized carbons (Fsp3) is 0.647. The molecule has 2 aromatic rings. The summed E-state index contributed by atoms with van der Waals surface area (Å²) >= 11 is 0. The van der Waals surface area contributed by atoms with Gasteiger partial charge < -0.3 is 9.64 Å². The van der Waals surface area contributed by atoms with Crippen LogP contribution in [0.25, 0.3) is 5.78 Å². The zero-order chi connectivity index (χ0) is 16.4. The predicted molar refractivity (Wildman–Crippen MR) is 85.6 cm³/mol. The van der Waals surface area contributed by atoms with Gasteiger partial charge in [0, 0.05) is 24.9 Å². The van der Waals surface area contributed by atoms with E-state index in [1.54, 1.807) is 4.52 Å². The SMILES string of the molecule is CC(C)c1cc(C(=O)N2C[C@@H]3[C@H](C2)[C@H]2CC[C@@H]3O2)nc2ncnn12. The van der Waals surface area contributed by atoms with Gasteiger partial charge in [-0.05, 0) is 24.8 Å². The van der Waals surface area contributed by atoms with Crippen molar-refractivity contribution < 1.29 is 9.53 Å². The van der Waals surface area contributed by atoms with Gasteiger partial charge >= 0.3 is 0 Å². The molecule has 0 spiro atoms. The molecule has 7 nitrogen and oxygen atoms in total. The first-order valence-electron chi connectivity index (χ1n) is 8.77. The molecule has 0 aliphatic carbocycles. The molecule has 0 saturated carbocycles. The Morgan fingerprint density at radius 2 is 1.96 bits per heavy atom. The number of likely N-dealkylation sites (tertiary alicyclic amines) is 1. The number of fused-ring (bicyclic) bond motifs is 6. The molecule has 4 atom stereocenters. The van der Waals surface area contributed by atoms with Crippen LogP contribution in [0.4, 0.5) is 0 Å². The van der Waals surface area contributed by atoms with E-state index in [9.17, 15) is 4.79 Å². The van der Waals surface area contributed by atoms with Crippen molar-refractivity contribution in [1.29, 1.82) is 0 Å². The highest BCUT2D eigenvalue weighted by atomic mass is 16.5. The van der Waals surface area contributed by atoms with Crippen LogP contribution in [0.15, 0.2) is 12.4 Å². The number of amides is 1. The Bertz CT molecular complexity index is 798. The highest BCUT2D eigenvalue weighted by molar-refractivity contribution is 5.93. The van der Waals surface area contributed by atoms with Crippen LogP contribution in [0.3, 0.4) is 0 Å². The first kappa shape index (κ1) is 14.3. The fourth-order valence-electron chi connectivity index (χ4n) is 4.64. The third kappa shape index (κ3) is 1.94. The summed E-state index contributed by atoms with van der Waals surface area (Å²) in [5, 5.41) is 4.21. The lowest BCUT2D eigenvalue weighted by atomic mass is 9.82. The molecule has 0 unspecified atom stereocenters. The van der Waals surface area contributed by atoms with Crippen LogP contribution in [0.1, 0.15) is 48.8 Å². The lowest BCUT2D eigenvalue weighted by molar-refractivity contribution is 0.0591. The number of nitrogens with zero attached hydrogens (tertiary/aromatic N) is 5. The van der Waals surface area contributed by atoms with Crippen molar-refractivity contribution in [2.24, 2.45) is 11.8 Å². The summed E-state index contributed by atoms with van der Waals surface area (Å²) in [5.74, 6) is 1.76. The Morgan fingerprint density at radius 3 is 2.62 bits per heavy atom. The van der Waals surface area contributed by atoms with E-state index in [4.69, 9.17) is 4.74 Å². The van der Waals surface area contributed by atoms with Crippen LogP contribution in [0.5, 0.6) is 0 Å². The molecule has 0 aromatic carbocycles. The standard InChI is InChI=1S/C17H21N5O2/c1-9(2)13-5-12(20-17-18-8-19-22(13)17)16(23)21-6-10-11(7-21)15-4-3-14(10)24-15/h5,8-11,14-15H,3-4,6-7H2,1-2H3/t10-,11+,14+,15-. The number of hydrogen-bond acceptors (Lipinski definition) is 5. The van der Waals surface area contributed by atoms with Gasteiger partial charge in [-0.25, -0.2) is 9.50 Å². The Balaban J connectivity index is 1.46. The Labute approximate surface area is 140 Å². The lowest BCUT2D eigenvalue weighted by Gasteiger charge is -2.19. The summed E-state index contributed by atoms with van der Waals surface area (Å²) < 4.78 is 7.71. The average molecular weight is 327 g/mol. The van der Waals surface area contributed by atoms with E-state index >= 15 is 0 Å². The van der Waals surface area contributed by atoms with Gasteiger partial charge in [-0.1, -0.05) is 13.8 Å². The van der Waals surface area contributed by atoms with Crippen molar-refractivity contribution in [2.45, 2.75) is 44.8 Å². The smallest absolute Gasteiger partial charge is 0.272 e. The molecule has 7 heteroatoms. The van der Waals surface area contributed by atoms with Crippen molar-refractivity contribution in [3.63, 3.8) is 0 Å². The Kier molecular flexibility index (Phi) is 2.98. The molecule has 5 rings (SSSR count). The van der Waals surface area contributed by atoms with Crippen molar-refractivity contribution in [2.75, 3.05) is 13.1 Å². The van der Waals surface area contributed by atoms with Crippen LogP contribution in [0.2, 0.25) is 0 Å². The van der Waals surface area contributed by atoms with Crippen molar-refractivity contribution in [1.82, 2.24) is 24.5 Å². The molecule has 0 radical (unpaired) electrons. The normalized spacial score (nSPS) is 31.4. The van der Waals surface area contributed by atoms with Gasteiger partial charge in [-0.15, -0.1) is 0 Å². The number of hydrogen-bond donors (Lipinski definition) is 0. The first-order chi connectivity index (χ1) is 11.6. The third-order valence-corrected chi connectivity index (χ3v) is 5.83. The number of carbonyl (C=O) groups is 1. The zero-order valence-corrected chi connectivity index (χ0v) is 13.9. The summed E-state index contributed by atoms with van der Waals surface area (Å²) in [6.45, 7) is 5.75. The third-order valence-electron chi connectivity index (χ3n) is 5.83. The van der Waals surface area contributed by atoms with Crippen LogP contribution >= 0.6 is 0 Å². The molecule has 2 aromatic heterocycles. The molecule has 3 fully saturated rings. The van der Waals surface area contributed by atoms with Crippen LogP contribution in [-0.4, -0.2) is 55.7 Å². The van der Waals surface area contributed by atoms with Gasteiger partial charge in [0.25, 0.3) is 11.7 Å². The number of aromatic nitrogens is 4. The summed E-state index contributed by atoms with van der Waals surface area (Å²) in [7, 11) is 0. The average Bonchev–Trinajstić information content (AvgIpc) is 3.32. The molecule has 3 aliphatic heterocycles. The number of ether oxygens (including phenoxy) is 1. The molecular formula is C17H21N5O2. The van der Waals surface area contributed by atoms with Gasteiger partial charge in [-0.3, -0.25) is 4.79 Å². The molecule has 2 bridgehead atoms. The molecule has 24 heavy (non-hydrogen) atoms. The Morgan fingerprint density at radius 1 is 1.25 bits per heavy atom. The second kappa shape index (κ2) is 4.99. The van der Waals surface area contributed by atoms with Gasteiger partial charge in [0.05, 0.1) is 17.9 Å². The minimum atomic E-state index is 0.0104. The second-order valence-electron chi connectivity index (χ2n) is 7.52. The molecule has 0 N–H and O–H groups in total. The maximum atomic E-state index is 13.0. The van der Waals surface area contributed by atoms with Crippen LogP contribution in [0, 0.1) is 11.8 Å². The van der Waals surface area contributed by atoms with E-state index in [1.807, 2.05) is 11.0 Å². The highest BCUT2D eigenvalue weighted by Gasteiger charge is 2.53. The van der Waals surface area contributed by atoms with Gasteiger partial charge in [0.1, 0.15) is 12.0 Å². The molecule has 3 aliphatic rings. The van der Waals surface area contributed by atoms with Gasteiger partial charge in [-0.2, -0.15) is 10.1 Å². The van der Waals surface area contributed by atoms with Gasteiger partial charge in [0.2, 0.25) is 0 Å². The predicted octanol–water partition coefficient (Wildman–Crippen LogP) is 1.50. The highest BCUT2D eigenvalue weighted by Crippen LogP contribution is 2.47. The fourth-order valence-corrected chi connectivity index (χ4v) is 4.64. The van der Waals surface area contributed by atoms with E-state index in [2.05, 4.69) is 28.9 Å². The molecule has 5 heterocycles. The summed E-state index contributed by atoms with van der Waals surface area (Å²) in [5.41, 5.74) is 1.44. The van der Waals surface area contributed by atoms with Crippen molar-refractivity contribution in [3.8, 4) is 0 Å². The van der Waals surface area contributed by atoms with E-state index in [1.165, 1.54) is 6.33 Å². The molecule has 1 amide bonds. The van der Waals surface area contributed by atoms with E-state index in [0.29, 0.717) is 35.5 Å². The first-order valence-corrected chi connectivity index (χ1v) is 8.77. The summed E-state index contributed by atoms with van der Waals surface area (Å²) in [4.78, 5) is 23.6. The van der Waals surface area contributed by atoms with E-state index < -0.39 is 0 Å². The molecule has 126 valence electrons. The van der Waals surface area contributed by atoms with E-state index in [0.717, 1.165) is 31.6 Å². The van der Waals surface area contributed by atoms with Crippen LogP contribution in [-0.2, 0) is 4.74 Å². The Hall–Kier alpha value is -2.02. The maximum absolute atomic E-state index is 13.0. The number of rotatable bonds is 2. The van der Waals surface area contributed by atoms with Crippen molar-refractivity contribution in [3.05, 3.63) is 23.8 Å². The van der Waals surface area contributed by atoms with Crippen LogP contribution < -0.4 is 0 Å². The second-order valence-corrected chi connectivity index (χ2v) is 7.52. The van der Waals surface area contributed by atoms with Gasteiger partial charge in [0.15, 0.2) is 0 Å².